The lowest BCUT2D eigenvalue weighted by molar-refractivity contribution is 0.588. The molecule has 3 heteroatoms. The number of imidazole rings is 1. The van der Waals surface area contributed by atoms with Gasteiger partial charge < -0.3 is 0 Å². The van der Waals surface area contributed by atoms with Gasteiger partial charge in [-0.2, -0.15) is 0 Å². The fourth-order valence-electron chi connectivity index (χ4n) is 1.42. The smallest absolute Gasteiger partial charge is 0.138 e. The summed E-state index contributed by atoms with van der Waals surface area (Å²) < 4.78 is 1.91. The van der Waals surface area contributed by atoms with Crippen LogP contribution in [0.4, 0.5) is 0 Å². The first-order chi connectivity index (χ1) is 7.07. The third-order valence-electron chi connectivity index (χ3n) is 2.38. The predicted octanol–water partition coefficient (Wildman–Crippen LogP) is 2.56. The van der Waals surface area contributed by atoms with Gasteiger partial charge in [-0.1, -0.05) is 20.8 Å². The van der Waals surface area contributed by atoms with E-state index in [9.17, 15) is 0 Å². The molecule has 2 rings (SSSR count). The van der Waals surface area contributed by atoms with Gasteiger partial charge in [-0.05, 0) is 23.1 Å². The van der Waals surface area contributed by atoms with Crippen molar-refractivity contribution in [3.8, 4) is 5.82 Å². The molecule has 0 bridgehead atoms. The molecule has 0 saturated carbocycles. The lowest BCUT2D eigenvalue weighted by Crippen LogP contribution is -2.12. The minimum absolute atomic E-state index is 0.151. The van der Waals surface area contributed by atoms with Crippen molar-refractivity contribution in [3.63, 3.8) is 0 Å². The Bertz CT molecular complexity index is 438. The van der Waals surface area contributed by atoms with Crippen LogP contribution in [0.25, 0.3) is 5.82 Å². The van der Waals surface area contributed by atoms with Gasteiger partial charge in [-0.3, -0.25) is 4.57 Å². The van der Waals surface area contributed by atoms with Crippen LogP contribution in [0.15, 0.2) is 37.1 Å². The molecule has 0 aliphatic heterocycles. The highest BCUT2D eigenvalue weighted by molar-refractivity contribution is 5.31. The molecular formula is C12H15N3. The molecule has 78 valence electrons. The number of rotatable bonds is 1. The second kappa shape index (κ2) is 3.50. The first-order valence-electron chi connectivity index (χ1n) is 5.02. The molecule has 0 N–H and O–H groups in total. The van der Waals surface area contributed by atoms with Crippen LogP contribution in [0.2, 0.25) is 0 Å². The Kier molecular flexibility index (Phi) is 2.31. The fraction of sp³-hybridized carbons (Fsp3) is 0.333. The Balaban J connectivity index is 2.44. The summed E-state index contributed by atoms with van der Waals surface area (Å²) in [7, 11) is 0. The molecule has 0 aliphatic carbocycles. The normalized spacial score (nSPS) is 11.7. The Morgan fingerprint density at radius 1 is 1.20 bits per heavy atom. The van der Waals surface area contributed by atoms with Gasteiger partial charge in [0.15, 0.2) is 0 Å². The van der Waals surface area contributed by atoms with Gasteiger partial charge in [0.1, 0.15) is 12.1 Å². The third kappa shape index (κ3) is 2.06. The molecule has 2 aromatic rings. The standard InChI is InChI=1S/C12H15N3/c1-12(2,3)10-4-5-14-11(8-10)15-7-6-13-9-15/h4-9H,1-3H3. The molecule has 2 heterocycles. The Labute approximate surface area is 89.8 Å². The van der Waals surface area contributed by atoms with E-state index >= 15 is 0 Å². The van der Waals surface area contributed by atoms with Gasteiger partial charge in [0.25, 0.3) is 0 Å². The molecule has 0 fully saturated rings. The van der Waals surface area contributed by atoms with Crippen molar-refractivity contribution >= 4 is 0 Å². The van der Waals surface area contributed by atoms with Crippen molar-refractivity contribution in [2.75, 3.05) is 0 Å². The largest absolute Gasteiger partial charge is 0.291 e. The highest BCUT2D eigenvalue weighted by Crippen LogP contribution is 2.22. The van der Waals surface area contributed by atoms with Crippen LogP contribution in [-0.2, 0) is 5.41 Å². The quantitative estimate of drug-likeness (QED) is 0.710. The van der Waals surface area contributed by atoms with Crippen molar-refractivity contribution < 1.29 is 0 Å². The molecule has 0 aliphatic rings. The number of hydrogen-bond acceptors (Lipinski definition) is 2. The molecule has 0 spiro atoms. The monoisotopic (exact) mass is 201 g/mol. The van der Waals surface area contributed by atoms with E-state index in [4.69, 9.17) is 0 Å². The zero-order chi connectivity index (χ0) is 10.9. The highest BCUT2D eigenvalue weighted by Gasteiger charge is 2.14. The molecule has 0 aromatic carbocycles. The van der Waals surface area contributed by atoms with Crippen LogP contribution in [0.5, 0.6) is 0 Å². The van der Waals surface area contributed by atoms with Gasteiger partial charge in [-0.25, -0.2) is 9.97 Å². The van der Waals surface area contributed by atoms with Crippen LogP contribution < -0.4 is 0 Å². The van der Waals surface area contributed by atoms with E-state index in [1.165, 1.54) is 5.56 Å². The van der Waals surface area contributed by atoms with Crippen molar-refractivity contribution in [2.24, 2.45) is 0 Å². The van der Waals surface area contributed by atoms with E-state index in [2.05, 4.69) is 42.9 Å². The van der Waals surface area contributed by atoms with Crippen LogP contribution >= 0.6 is 0 Å². The molecule has 0 saturated heterocycles. The Morgan fingerprint density at radius 3 is 2.60 bits per heavy atom. The van der Waals surface area contributed by atoms with Gasteiger partial charge in [0, 0.05) is 18.6 Å². The number of aromatic nitrogens is 3. The molecule has 3 nitrogen and oxygen atoms in total. The first kappa shape index (κ1) is 9.90. The second-order valence-electron chi connectivity index (χ2n) is 4.62. The summed E-state index contributed by atoms with van der Waals surface area (Å²) in [4.78, 5) is 8.33. The molecule has 0 amide bonds. The summed E-state index contributed by atoms with van der Waals surface area (Å²) in [5, 5.41) is 0. The Hall–Kier alpha value is -1.64. The zero-order valence-electron chi connectivity index (χ0n) is 9.31. The second-order valence-corrected chi connectivity index (χ2v) is 4.62. The van der Waals surface area contributed by atoms with E-state index < -0.39 is 0 Å². The van der Waals surface area contributed by atoms with Gasteiger partial charge in [0.2, 0.25) is 0 Å². The average molecular weight is 201 g/mol. The zero-order valence-corrected chi connectivity index (χ0v) is 9.31. The molecule has 0 radical (unpaired) electrons. The lowest BCUT2D eigenvalue weighted by atomic mass is 9.88. The van der Waals surface area contributed by atoms with Crippen LogP contribution in [0.3, 0.4) is 0 Å². The topological polar surface area (TPSA) is 30.7 Å². The van der Waals surface area contributed by atoms with Crippen molar-refractivity contribution in [1.82, 2.24) is 14.5 Å². The summed E-state index contributed by atoms with van der Waals surface area (Å²) in [6.07, 6.45) is 7.25. The van der Waals surface area contributed by atoms with Crippen LogP contribution in [0, 0.1) is 0 Å². The van der Waals surface area contributed by atoms with E-state index in [0.717, 1.165) is 5.82 Å². The van der Waals surface area contributed by atoms with Gasteiger partial charge in [0.05, 0.1) is 0 Å². The van der Waals surface area contributed by atoms with E-state index in [0.29, 0.717) is 0 Å². The summed E-state index contributed by atoms with van der Waals surface area (Å²) in [6, 6.07) is 4.15. The fourth-order valence-corrected chi connectivity index (χ4v) is 1.42. The minimum Gasteiger partial charge on any atom is -0.291 e. The molecule has 0 atom stereocenters. The van der Waals surface area contributed by atoms with E-state index in [-0.39, 0.29) is 5.41 Å². The summed E-state index contributed by atoms with van der Waals surface area (Å²) in [6.45, 7) is 6.58. The maximum atomic E-state index is 4.32. The average Bonchev–Trinajstić information content (AvgIpc) is 2.69. The SMILES string of the molecule is CC(C)(C)c1ccnc(-n2ccnc2)c1. The third-order valence-corrected chi connectivity index (χ3v) is 2.38. The first-order valence-corrected chi connectivity index (χ1v) is 5.02. The van der Waals surface area contributed by atoms with Crippen molar-refractivity contribution in [3.05, 3.63) is 42.6 Å². The van der Waals surface area contributed by atoms with Crippen LogP contribution in [-0.4, -0.2) is 14.5 Å². The molecular weight excluding hydrogens is 186 g/mol. The molecule has 2 aromatic heterocycles. The van der Waals surface area contributed by atoms with Crippen LogP contribution in [0.1, 0.15) is 26.3 Å². The van der Waals surface area contributed by atoms with E-state index in [1.807, 2.05) is 17.0 Å². The number of nitrogens with zero attached hydrogens (tertiary/aromatic N) is 3. The lowest BCUT2D eigenvalue weighted by Gasteiger charge is -2.19. The van der Waals surface area contributed by atoms with Gasteiger partial charge >= 0.3 is 0 Å². The minimum atomic E-state index is 0.151. The number of pyridine rings is 1. The summed E-state index contributed by atoms with van der Waals surface area (Å²) >= 11 is 0. The number of hydrogen-bond donors (Lipinski definition) is 0. The Morgan fingerprint density at radius 2 is 2.00 bits per heavy atom. The molecule has 15 heavy (non-hydrogen) atoms. The summed E-state index contributed by atoms with van der Waals surface area (Å²) in [5.74, 6) is 0.917. The maximum Gasteiger partial charge on any atom is 0.138 e. The summed E-state index contributed by atoms with van der Waals surface area (Å²) in [5.41, 5.74) is 1.43. The van der Waals surface area contributed by atoms with Gasteiger partial charge in [-0.15, -0.1) is 0 Å². The van der Waals surface area contributed by atoms with Crippen molar-refractivity contribution in [2.45, 2.75) is 26.2 Å². The predicted molar refractivity (Wildman–Crippen MR) is 60.1 cm³/mol. The maximum absolute atomic E-state index is 4.32. The van der Waals surface area contributed by atoms with E-state index in [1.54, 1.807) is 12.5 Å². The highest BCUT2D eigenvalue weighted by atomic mass is 15.1. The molecule has 0 unspecified atom stereocenters. The van der Waals surface area contributed by atoms with Crippen molar-refractivity contribution in [1.29, 1.82) is 0 Å².